The minimum Gasteiger partial charge on any atom is -0.258 e. The maximum atomic E-state index is 11.3. The number of nitrogens with zero attached hydrogens (tertiary/aromatic N) is 5. The predicted molar refractivity (Wildman–Crippen MR) is 99.7 cm³/mol. The molecule has 2 aromatic heterocycles. The lowest BCUT2D eigenvalue weighted by Crippen LogP contribution is -2.06. The van der Waals surface area contributed by atoms with Gasteiger partial charge in [0.25, 0.3) is 11.4 Å². The fraction of sp³-hybridized carbons (Fsp3) is 0. The number of nitro groups is 2. The number of rotatable bonds is 6. The highest BCUT2D eigenvalue weighted by Gasteiger charge is 2.20. The van der Waals surface area contributed by atoms with Crippen LogP contribution in [-0.2, 0) is 0 Å². The molecule has 0 spiro atoms. The smallest absolute Gasteiger partial charge is 0.258 e. The van der Waals surface area contributed by atoms with E-state index in [1.54, 1.807) is 48.8 Å². The minimum absolute atomic E-state index is 0.176. The second-order valence-electron chi connectivity index (χ2n) is 5.13. The zero-order chi connectivity index (χ0) is 19.2. The van der Waals surface area contributed by atoms with E-state index in [0.717, 1.165) is 18.0 Å². The molecule has 9 nitrogen and oxygen atoms in total. The van der Waals surface area contributed by atoms with Crippen molar-refractivity contribution in [1.82, 2.24) is 9.97 Å². The van der Waals surface area contributed by atoms with Crippen molar-refractivity contribution in [1.29, 1.82) is 0 Å². The molecule has 2 heterocycles. The summed E-state index contributed by atoms with van der Waals surface area (Å²) in [5.41, 5.74) is 0.791. The molecule has 0 aliphatic heterocycles. The van der Waals surface area contributed by atoms with E-state index < -0.39 is 9.85 Å². The molecule has 0 aliphatic rings. The van der Waals surface area contributed by atoms with Gasteiger partial charge in [0.05, 0.1) is 27.3 Å². The van der Waals surface area contributed by atoms with Gasteiger partial charge in [0.15, 0.2) is 0 Å². The van der Waals surface area contributed by atoms with Crippen LogP contribution in [0.4, 0.5) is 11.4 Å². The van der Waals surface area contributed by atoms with Gasteiger partial charge in [-0.2, -0.15) is 0 Å². The minimum atomic E-state index is -0.683. The van der Waals surface area contributed by atoms with Gasteiger partial charge in [0, 0.05) is 30.4 Å². The fourth-order valence-corrected chi connectivity index (χ4v) is 2.90. The number of aromatic nitrogens is 2. The monoisotopic (exact) mass is 381 g/mol. The van der Waals surface area contributed by atoms with Crippen molar-refractivity contribution < 1.29 is 9.85 Å². The lowest BCUT2D eigenvalue weighted by Gasteiger charge is -2.05. The quantitative estimate of drug-likeness (QED) is 0.275. The van der Waals surface area contributed by atoms with Gasteiger partial charge in [0.2, 0.25) is 0 Å². The van der Waals surface area contributed by atoms with Crippen LogP contribution in [0.15, 0.2) is 76.3 Å². The third-order valence-electron chi connectivity index (χ3n) is 3.40. The number of pyridine rings is 2. The van der Waals surface area contributed by atoms with E-state index in [9.17, 15) is 20.2 Å². The summed E-state index contributed by atoms with van der Waals surface area (Å²) in [7, 11) is 0. The van der Waals surface area contributed by atoms with Crippen LogP contribution in [0.2, 0.25) is 0 Å². The first-order chi connectivity index (χ1) is 13.1. The third kappa shape index (κ3) is 4.30. The lowest BCUT2D eigenvalue weighted by atomic mass is 10.1. The second-order valence-corrected chi connectivity index (χ2v) is 5.93. The molecule has 0 amide bonds. The Kier molecular flexibility index (Phi) is 5.47. The van der Waals surface area contributed by atoms with Crippen LogP contribution in [0.25, 0.3) is 0 Å². The number of non-ortho nitro benzene ring substituents is 1. The molecule has 27 heavy (non-hydrogen) atoms. The zero-order valence-electron chi connectivity index (χ0n) is 13.6. The van der Waals surface area contributed by atoms with Crippen LogP contribution in [0, 0.1) is 20.2 Å². The standard InChI is InChI=1S/C17H11N5O4S/c23-21(24)12-7-8-16(15(11-12)22(25)26)27-20-17(13-5-1-3-9-18-13)14-6-2-4-10-19-14/h1-11H. The number of benzene rings is 1. The van der Waals surface area contributed by atoms with Gasteiger partial charge in [0.1, 0.15) is 10.6 Å². The maximum Gasteiger partial charge on any atom is 0.291 e. The summed E-state index contributed by atoms with van der Waals surface area (Å²) < 4.78 is 4.39. The van der Waals surface area contributed by atoms with Gasteiger partial charge < -0.3 is 0 Å². The third-order valence-corrected chi connectivity index (χ3v) is 4.22. The van der Waals surface area contributed by atoms with Crippen molar-refractivity contribution in [3.8, 4) is 0 Å². The Morgan fingerprint density at radius 3 is 2.00 bits per heavy atom. The first-order valence-corrected chi connectivity index (χ1v) is 8.34. The van der Waals surface area contributed by atoms with Gasteiger partial charge in [-0.15, -0.1) is 0 Å². The number of hydrogen-bond donors (Lipinski definition) is 0. The Hall–Kier alpha value is -3.66. The molecule has 0 unspecified atom stereocenters. The average molecular weight is 381 g/mol. The van der Waals surface area contributed by atoms with Crippen LogP contribution in [0.1, 0.15) is 11.4 Å². The summed E-state index contributed by atoms with van der Waals surface area (Å²) in [6.45, 7) is 0. The first-order valence-electron chi connectivity index (χ1n) is 7.57. The highest BCUT2D eigenvalue weighted by Crippen LogP contribution is 2.33. The van der Waals surface area contributed by atoms with E-state index in [1.165, 1.54) is 12.1 Å². The zero-order valence-corrected chi connectivity index (χ0v) is 14.4. The Morgan fingerprint density at radius 2 is 1.52 bits per heavy atom. The molecule has 0 saturated carbocycles. The molecule has 0 bridgehead atoms. The van der Waals surface area contributed by atoms with Crippen molar-refractivity contribution in [3.05, 3.63) is 98.6 Å². The summed E-state index contributed by atoms with van der Waals surface area (Å²) >= 11 is 0.837. The molecule has 3 aromatic rings. The molecule has 0 fully saturated rings. The SMILES string of the molecule is O=[N+]([O-])c1ccc(SN=C(c2ccccn2)c2ccccn2)c([N+](=O)[O-])c1. The van der Waals surface area contributed by atoms with E-state index in [1.807, 2.05) is 0 Å². The molecule has 134 valence electrons. The van der Waals surface area contributed by atoms with E-state index in [0.29, 0.717) is 17.1 Å². The lowest BCUT2D eigenvalue weighted by molar-refractivity contribution is -0.396. The van der Waals surface area contributed by atoms with Crippen LogP contribution in [0.3, 0.4) is 0 Å². The topological polar surface area (TPSA) is 124 Å². The van der Waals surface area contributed by atoms with Crippen LogP contribution in [0.5, 0.6) is 0 Å². The fourth-order valence-electron chi connectivity index (χ4n) is 2.16. The Morgan fingerprint density at radius 1 is 0.889 bits per heavy atom. The maximum absolute atomic E-state index is 11.3. The van der Waals surface area contributed by atoms with Crippen LogP contribution in [-0.4, -0.2) is 25.5 Å². The Balaban J connectivity index is 2.03. The first kappa shape index (κ1) is 18.1. The average Bonchev–Trinajstić information content (AvgIpc) is 2.69. The van der Waals surface area contributed by atoms with Crippen LogP contribution >= 0.6 is 11.9 Å². The molecule has 3 rings (SSSR count). The molecular formula is C17H11N5O4S. The van der Waals surface area contributed by atoms with E-state index in [-0.39, 0.29) is 16.3 Å². The molecule has 1 aromatic carbocycles. The van der Waals surface area contributed by atoms with E-state index >= 15 is 0 Å². The molecule has 0 radical (unpaired) electrons. The van der Waals surface area contributed by atoms with Gasteiger partial charge in [-0.1, -0.05) is 12.1 Å². The summed E-state index contributed by atoms with van der Waals surface area (Å²) in [5, 5.41) is 22.1. The molecule has 0 aliphatic carbocycles. The van der Waals surface area contributed by atoms with Gasteiger partial charge in [-0.05, 0) is 30.3 Å². The summed E-state index contributed by atoms with van der Waals surface area (Å²) in [6, 6.07) is 14.0. The molecular weight excluding hydrogens is 370 g/mol. The van der Waals surface area contributed by atoms with Crippen molar-refractivity contribution in [2.45, 2.75) is 4.90 Å². The summed E-state index contributed by atoms with van der Waals surface area (Å²) in [6.07, 6.45) is 3.21. The largest absolute Gasteiger partial charge is 0.291 e. The number of hydrogen-bond acceptors (Lipinski definition) is 8. The normalized spacial score (nSPS) is 10.2. The van der Waals surface area contributed by atoms with E-state index in [2.05, 4.69) is 14.4 Å². The molecule has 0 saturated heterocycles. The molecule has 10 heteroatoms. The van der Waals surface area contributed by atoms with Crippen LogP contribution < -0.4 is 0 Å². The predicted octanol–water partition coefficient (Wildman–Crippen LogP) is 3.84. The highest BCUT2D eigenvalue weighted by atomic mass is 32.2. The molecule has 0 atom stereocenters. The number of nitro benzene ring substituents is 2. The van der Waals surface area contributed by atoms with Crippen molar-refractivity contribution in [2.75, 3.05) is 0 Å². The van der Waals surface area contributed by atoms with Gasteiger partial charge in [-0.3, -0.25) is 30.2 Å². The summed E-state index contributed by atoms with van der Waals surface area (Å²) in [4.78, 5) is 29.5. The Labute approximate surface area is 157 Å². The van der Waals surface area contributed by atoms with Crippen molar-refractivity contribution in [3.63, 3.8) is 0 Å². The van der Waals surface area contributed by atoms with Crippen molar-refractivity contribution in [2.24, 2.45) is 4.40 Å². The van der Waals surface area contributed by atoms with E-state index in [4.69, 9.17) is 0 Å². The van der Waals surface area contributed by atoms with Gasteiger partial charge in [-0.25, -0.2) is 4.40 Å². The summed E-state index contributed by atoms with van der Waals surface area (Å²) in [5.74, 6) is 0. The highest BCUT2D eigenvalue weighted by molar-refractivity contribution is 7.98. The van der Waals surface area contributed by atoms with Gasteiger partial charge >= 0.3 is 0 Å². The second kappa shape index (κ2) is 8.15. The molecule has 0 N–H and O–H groups in total. The van der Waals surface area contributed by atoms with Crippen molar-refractivity contribution >= 4 is 29.0 Å². The Bertz CT molecular complexity index is 971.